The Morgan fingerprint density at radius 1 is 0.685 bits per heavy atom. The summed E-state index contributed by atoms with van der Waals surface area (Å²) < 4.78 is 0. The van der Waals surface area contributed by atoms with Gasteiger partial charge in [0.2, 0.25) is 0 Å². The fourth-order valence-electron chi connectivity index (χ4n) is 12.6. The smallest absolute Gasteiger partial charge is 0.253 e. The van der Waals surface area contributed by atoms with E-state index >= 15 is 0 Å². The summed E-state index contributed by atoms with van der Waals surface area (Å²) in [5, 5.41) is 7.21. The first kappa shape index (κ1) is 77.6. The number of anilines is 1. The van der Waals surface area contributed by atoms with E-state index in [1.807, 2.05) is 26.0 Å². The number of amides is 1. The molecule has 1 heterocycles. The third kappa shape index (κ3) is 25.5. The molecule has 2 atom stereocenters. The maximum atomic E-state index is 13.1. The first-order valence-electron chi connectivity index (χ1n) is 34.7. The minimum Gasteiger partial charge on any atom is -0.399 e. The van der Waals surface area contributed by atoms with E-state index in [0.717, 1.165) is 84.2 Å². The molecule has 1 aliphatic heterocycles. The first-order valence-corrected chi connectivity index (χ1v) is 35.1. The predicted octanol–water partition coefficient (Wildman–Crippen LogP) is 21.8. The Hall–Kier alpha value is -5.60. The molecule has 0 radical (unpaired) electrons. The van der Waals surface area contributed by atoms with Crippen molar-refractivity contribution in [1.29, 1.82) is 0 Å². The van der Waals surface area contributed by atoms with Crippen LogP contribution in [0.3, 0.4) is 0 Å². The lowest BCUT2D eigenvalue weighted by Gasteiger charge is -2.35. The highest BCUT2D eigenvalue weighted by Crippen LogP contribution is 2.37. The predicted molar refractivity (Wildman–Crippen MR) is 395 cm³/mol. The molecule has 1 amide bonds. The van der Waals surface area contributed by atoms with Crippen LogP contribution in [0, 0.1) is 31.6 Å². The number of nitrogens with one attached hydrogen (secondary N) is 2. The van der Waals surface area contributed by atoms with Gasteiger partial charge in [-0.1, -0.05) is 224 Å². The minimum absolute atomic E-state index is 0.180. The Bertz CT molecular complexity index is 2860. The summed E-state index contributed by atoms with van der Waals surface area (Å²) in [7, 11) is 0. The number of likely N-dealkylation sites (tertiary alicyclic amines) is 1. The van der Waals surface area contributed by atoms with Crippen LogP contribution in [0.4, 0.5) is 5.69 Å². The summed E-state index contributed by atoms with van der Waals surface area (Å²) in [5.41, 5.74) is 26.1. The molecule has 492 valence electrons. The monoisotopic (exact) mass is 1230 g/mol. The fraction of sp³-hybridized carbons (Fsp3) is 0.543. The Morgan fingerprint density at radius 2 is 1.22 bits per heavy atom. The molecule has 2 unspecified atom stereocenters. The highest BCUT2D eigenvalue weighted by Gasteiger charge is 2.23. The number of halogens is 1. The minimum atomic E-state index is -0.180. The van der Waals surface area contributed by atoms with Gasteiger partial charge in [0.05, 0.1) is 10.6 Å². The van der Waals surface area contributed by atoms with Crippen LogP contribution in [0.1, 0.15) is 232 Å². The van der Waals surface area contributed by atoms with Crippen LogP contribution in [-0.4, -0.2) is 67.6 Å². The van der Waals surface area contributed by atoms with E-state index in [2.05, 4.69) is 216 Å². The molecule has 1 saturated heterocycles. The van der Waals surface area contributed by atoms with Crippen molar-refractivity contribution in [3.05, 3.63) is 177 Å². The summed E-state index contributed by atoms with van der Waals surface area (Å²) >= 11 is 6.55. The molecule has 0 spiro atoms. The van der Waals surface area contributed by atoms with Gasteiger partial charge in [-0.15, -0.1) is 0 Å². The number of piperidine rings is 1. The van der Waals surface area contributed by atoms with Crippen molar-refractivity contribution in [2.75, 3.05) is 50.7 Å². The van der Waals surface area contributed by atoms with Gasteiger partial charge in [0.1, 0.15) is 0 Å². The lowest BCUT2D eigenvalue weighted by atomic mass is 9.84. The third-order valence-electron chi connectivity index (χ3n) is 18.2. The van der Waals surface area contributed by atoms with Crippen molar-refractivity contribution in [3.8, 4) is 22.3 Å². The molecule has 0 bridgehead atoms. The van der Waals surface area contributed by atoms with Crippen molar-refractivity contribution in [3.63, 3.8) is 0 Å². The Kier molecular flexibility index (Phi) is 36.4. The molecule has 0 aliphatic carbocycles. The van der Waals surface area contributed by atoms with E-state index in [1.165, 1.54) is 147 Å². The van der Waals surface area contributed by atoms with Crippen LogP contribution in [0.5, 0.6) is 0 Å². The quantitative estimate of drug-likeness (QED) is 0.0405. The van der Waals surface area contributed by atoms with E-state index in [9.17, 15) is 4.79 Å². The second-order valence-corrected chi connectivity index (χ2v) is 26.4. The largest absolute Gasteiger partial charge is 0.399 e. The zero-order valence-corrected chi connectivity index (χ0v) is 60.2. The van der Waals surface area contributed by atoms with E-state index in [-0.39, 0.29) is 5.91 Å². The van der Waals surface area contributed by atoms with Crippen molar-refractivity contribution in [1.82, 2.24) is 20.4 Å². The van der Waals surface area contributed by atoms with E-state index in [1.54, 1.807) is 6.08 Å². The van der Waals surface area contributed by atoms with Gasteiger partial charge in [-0.05, 0) is 216 Å². The van der Waals surface area contributed by atoms with Gasteiger partial charge in [0.15, 0.2) is 0 Å². The van der Waals surface area contributed by atoms with Crippen LogP contribution in [0.2, 0.25) is 5.02 Å². The van der Waals surface area contributed by atoms with Crippen LogP contribution < -0.4 is 21.3 Å². The number of benzene rings is 4. The number of carbonyl (C=O) groups excluding carboxylic acids is 1. The number of nitrogens with two attached hydrogens (primary N) is 1. The number of aryl methyl sites for hydroxylation is 1. The molecule has 0 saturated carbocycles. The van der Waals surface area contributed by atoms with Crippen LogP contribution >= 0.6 is 11.6 Å². The molecule has 8 heteroatoms. The average Bonchev–Trinajstić information content (AvgIpc) is 2.17. The molecule has 4 aromatic carbocycles. The summed E-state index contributed by atoms with van der Waals surface area (Å²) in [5.74, 6) is 1.81. The van der Waals surface area contributed by atoms with Crippen LogP contribution in [-0.2, 0) is 13.1 Å². The average molecular weight is 1230 g/mol. The maximum Gasteiger partial charge on any atom is 0.253 e. The van der Waals surface area contributed by atoms with Crippen molar-refractivity contribution < 1.29 is 4.79 Å². The zero-order valence-electron chi connectivity index (χ0n) is 59.5. The van der Waals surface area contributed by atoms with Gasteiger partial charge in [0, 0.05) is 61.4 Å². The molecular weight excluding hydrogens is 1110 g/mol. The van der Waals surface area contributed by atoms with E-state index in [4.69, 9.17) is 17.3 Å². The molecule has 0 aromatic heterocycles. The van der Waals surface area contributed by atoms with Gasteiger partial charge in [-0.25, -0.2) is 0 Å². The highest BCUT2D eigenvalue weighted by atomic mass is 35.5. The highest BCUT2D eigenvalue weighted by molar-refractivity contribution is 6.34. The van der Waals surface area contributed by atoms with Crippen molar-refractivity contribution in [2.45, 2.75) is 227 Å². The van der Waals surface area contributed by atoms with Crippen LogP contribution in [0.15, 0.2) is 138 Å². The van der Waals surface area contributed by atoms with Gasteiger partial charge in [-0.2, -0.15) is 0 Å². The number of rotatable bonds is 34. The third-order valence-corrected chi connectivity index (χ3v) is 18.7. The van der Waals surface area contributed by atoms with Gasteiger partial charge < -0.3 is 21.3 Å². The van der Waals surface area contributed by atoms with Gasteiger partial charge in [-0.3, -0.25) is 14.6 Å². The number of hydrogen-bond donors (Lipinski definition) is 3. The van der Waals surface area contributed by atoms with Gasteiger partial charge in [0.25, 0.3) is 5.91 Å². The summed E-state index contributed by atoms with van der Waals surface area (Å²) in [6.45, 7) is 59.1. The second kappa shape index (κ2) is 41.7. The molecule has 4 aromatic rings. The number of carbonyl (C=O) groups is 1. The Labute approximate surface area is 550 Å². The summed E-state index contributed by atoms with van der Waals surface area (Å²) in [6.07, 6.45) is 21.6. The number of nitrogens with zero attached hydrogens (tertiary/aromatic N) is 3. The lowest BCUT2D eigenvalue weighted by molar-refractivity contribution is 0.0957. The van der Waals surface area contributed by atoms with Crippen molar-refractivity contribution in [2.24, 2.45) is 23.5 Å². The number of allylic oxidation sites excluding steroid dienone is 4. The lowest BCUT2D eigenvalue weighted by Crippen LogP contribution is -2.36. The van der Waals surface area contributed by atoms with E-state index < -0.39 is 0 Å². The van der Waals surface area contributed by atoms with Gasteiger partial charge >= 0.3 is 0 Å². The Morgan fingerprint density at radius 3 is 1.72 bits per heavy atom. The molecule has 5 rings (SSSR count). The topological polar surface area (TPSA) is 76.9 Å². The van der Waals surface area contributed by atoms with E-state index in [0.29, 0.717) is 47.3 Å². The molecule has 7 nitrogen and oxygen atoms in total. The Balaban J connectivity index is 0.000000429. The standard InChI is InChI=1S/C43H70N4.C30H37ClN2O.C8H18/c1-13-19-40(20-14-2)47(18-6)43-28-39(38-23-21-37(22-24-38)30-46(25-15-3)26-16-4)27-41(34(43)10)36(12)45-29-42(35(11)44)33(9)32(8)31(7)17-5;1-6-25(22(4)16-21(2)3)19-32-30(34)28-18-27(17-23(5)29(28)31)26-12-10-24(11-13-26)20-33-14-8-7-9-15-33;1-4-6-8(3)7-5-2/h21-24,27-28,31-32,40,45H,11-20,25-26,29-30,44H2,1-10H3;6,10-13,16-18H,1,7-9,14-15,19-20H2,2-5H3,(H,32,34);8H,4-7H2,1-3H3/b42-33-;25-22+;. The molecular formula is C81H125ClN6O. The SMILES string of the molecule is C=C(N)/C(CNC(=C)c1cc(-c2ccc(CN(CCC)CCC)cc2)cc(N(CC)C(CCC)CCC)c1C)=C(/C)C(C)C(C)CC.C=C/C(CNC(=O)c1cc(-c2ccc(CN3CCCCC3)cc2)cc(C)c1Cl)=C(/C)C=C(C)C.CCCC(C)CCC. The molecule has 1 fully saturated rings. The van der Waals surface area contributed by atoms with Crippen LogP contribution in [0.25, 0.3) is 28.0 Å². The fourth-order valence-corrected chi connectivity index (χ4v) is 12.8. The molecule has 4 N–H and O–H groups in total. The van der Waals surface area contributed by atoms with Crippen molar-refractivity contribution >= 4 is 28.9 Å². The maximum absolute atomic E-state index is 13.1. The summed E-state index contributed by atoms with van der Waals surface area (Å²) in [4.78, 5) is 20.8. The second-order valence-electron chi connectivity index (χ2n) is 26.0. The first-order chi connectivity index (χ1) is 42.6. The molecule has 89 heavy (non-hydrogen) atoms. The zero-order chi connectivity index (χ0) is 66.2. The normalized spacial score (nSPS) is 13.7. The molecule has 1 aliphatic rings. The summed E-state index contributed by atoms with van der Waals surface area (Å²) in [6, 6.07) is 27.2. The number of hydrogen-bond acceptors (Lipinski definition) is 6.